The minimum absolute atomic E-state index is 0.0109. The zero-order valence-corrected chi connectivity index (χ0v) is 18.2. The number of hydrogen-bond donors (Lipinski definition) is 1. The predicted molar refractivity (Wildman–Crippen MR) is 124 cm³/mol. The Morgan fingerprint density at radius 3 is 1.58 bits per heavy atom. The van der Waals surface area contributed by atoms with Crippen LogP contribution in [-0.4, -0.2) is 34.6 Å². The van der Waals surface area contributed by atoms with Crippen LogP contribution in [0.5, 0.6) is 0 Å². The summed E-state index contributed by atoms with van der Waals surface area (Å²) in [6, 6.07) is 30.2. The van der Waals surface area contributed by atoms with Gasteiger partial charge in [-0.25, -0.2) is 0 Å². The lowest BCUT2D eigenvalue weighted by Gasteiger charge is -2.25. The smallest absolute Gasteiger partial charge is 0.128 e. The van der Waals surface area contributed by atoms with Gasteiger partial charge in [-0.15, -0.1) is 11.8 Å². The molecule has 0 aromatic heterocycles. The van der Waals surface area contributed by atoms with Gasteiger partial charge >= 0.3 is 0 Å². The highest BCUT2D eigenvalue weighted by Gasteiger charge is 2.45. The normalized spacial score (nSPS) is 23.1. The van der Waals surface area contributed by atoms with Gasteiger partial charge in [0.2, 0.25) is 0 Å². The molecule has 3 aromatic carbocycles. The lowest BCUT2D eigenvalue weighted by atomic mass is 10.1. The summed E-state index contributed by atoms with van der Waals surface area (Å²) in [4.78, 5) is 0. The van der Waals surface area contributed by atoms with Crippen LogP contribution in [0.1, 0.15) is 16.7 Å². The third-order valence-corrected chi connectivity index (χ3v) is 6.55. The van der Waals surface area contributed by atoms with Crippen LogP contribution in [0, 0.1) is 0 Å². The van der Waals surface area contributed by atoms with Crippen LogP contribution in [0.2, 0.25) is 0 Å². The molecule has 0 radical (unpaired) electrons. The summed E-state index contributed by atoms with van der Waals surface area (Å²) < 4.78 is 18.4. The monoisotopic (exact) mass is 436 g/mol. The van der Waals surface area contributed by atoms with E-state index >= 15 is 0 Å². The van der Waals surface area contributed by atoms with Crippen molar-refractivity contribution >= 4 is 11.8 Å². The van der Waals surface area contributed by atoms with Crippen LogP contribution < -0.4 is 0 Å². The van der Waals surface area contributed by atoms with Crippen molar-refractivity contribution in [2.24, 2.45) is 0 Å². The Kier molecular flexibility index (Phi) is 8.16. The number of benzene rings is 3. The predicted octanol–water partition coefficient (Wildman–Crippen LogP) is 4.81. The van der Waals surface area contributed by atoms with E-state index in [1.54, 1.807) is 0 Å². The Morgan fingerprint density at radius 1 is 0.613 bits per heavy atom. The Bertz CT molecular complexity index is 891. The Labute approximate surface area is 188 Å². The van der Waals surface area contributed by atoms with Crippen molar-refractivity contribution in [3.63, 3.8) is 0 Å². The van der Waals surface area contributed by atoms with E-state index in [9.17, 15) is 5.11 Å². The first-order valence-corrected chi connectivity index (χ1v) is 11.5. The second kappa shape index (κ2) is 11.5. The van der Waals surface area contributed by atoms with E-state index in [0.717, 1.165) is 16.7 Å². The van der Waals surface area contributed by atoms with Crippen molar-refractivity contribution < 1.29 is 19.3 Å². The standard InChI is InChI=1S/C26H28O4S/c27-26-25(30-18-22-14-8-3-9-15-22)24(29-17-21-12-6-2-7-13-21)23(31-26)19-28-16-20-10-4-1-5-11-20/h1-15,23-27H,16-19H2/t23-,24-,25+,26?/m1/s1. The molecule has 4 rings (SSSR count). The molecule has 0 saturated carbocycles. The molecule has 0 aliphatic carbocycles. The second-order valence-corrected chi connectivity index (χ2v) is 8.95. The van der Waals surface area contributed by atoms with Crippen LogP contribution in [0.15, 0.2) is 91.0 Å². The fourth-order valence-corrected chi connectivity index (χ4v) is 4.93. The first-order chi connectivity index (χ1) is 15.3. The van der Waals surface area contributed by atoms with E-state index in [2.05, 4.69) is 0 Å². The van der Waals surface area contributed by atoms with Crippen molar-refractivity contribution in [2.75, 3.05) is 6.61 Å². The van der Waals surface area contributed by atoms with Gasteiger partial charge in [-0.1, -0.05) is 91.0 Å². The summed E-state index contributed by atoms with van der Waals surface area (Å²) in [5.74, 6) is 0. The van der Waals surface area contributed by atoms with Crippen LogP contribution >= 0.6 is 11.8 Å². The van der Waals surface area contributed by atoms with Gasteiger partial charge in [0.15, 0.2) is 0 Å². The van der Waals surface area contributed by atoms with Crippen molar-refractivity contribution in [1.82, 2.24) is 0 Å². The van der Waals surface area contributed by atoms with Crippen LogP contribution in [0.4, 0.5) is 0 Å². The van der Waals surface area contributed by atoms with E-state index < -0.39 is 11.5 Å². The third kappa shape index (κ3) is 6.42. The Hall–Kier alpha value is -2.15. The van der Waals surface area contributed by atoms with Crippen LogP contribution in [-0.2, 0) is 34.0 Å². The first kappa shape index (κ1) is 22.1. The number of rotatable bonds is 10. The van der Waals surface area contributed by atoms with Gasteiger partial charge < -0.3 is 19.3 Å². The van der Waals surface area contributed by atoms with Gasteiger partial charge in [-0.2, -0.15) is 0 Å². The molecule has 1 N–H and O–H groups in total. The molecule has 0 bridgehead atoms. The summed E-state index contributed by atoms with van der Waals surface area (Å²) in [7, 11) is 0. The average Bonchev–Trinajstić information content (AvgIpc) is 3.12. The quantitative estimate of drug-likeness (QED) is 0.494. The number of ether oxygens (including phenoxy) is 3. The lowest BCUT2D eigenvalue weighted by molar-refractivity contribution is -0.107. The van der Waals surface area contributed by atoms with Gasteiger partial charge in [-0.3, -0.25) is 0 Å². The van der Waals surface area contributed by atoms with E-state index in [4.69, 9.17) is 14.2 Å². The molecular weight excluding hydrogens is 408 g/mol. The molecule has 1 aliphatic rings. The molecular formula is C26H28O4S. The molecule has 0 amide bonds. The minimum Gasteiger partial charge on any atom is -0.380 e. The van der Waals surface area contributed by atoms with Crippen molar-refractivity contribution in [1.29, 1.82) is 0 Å². The molecule has 4 nitrogen and oxygen atoms in total. The topological polar surface area (TPSA) is 47.9 Å². The number of hydrogen-bond acceptors (Lipinski definition) is 5. The molecule has 1 heterocycles. The van der Waals surface area contributed by atoms with Gasteiger partial charge in [0.05, 0.1) is 31.7 Å². The molecule has 31 heavy (non-hydrogen) atoms. The molecule has 5 heteroatoms. The zero-order chi connectivity index (χ0) is 21.3. The van der Waals surface area contributed by atoms with Gasteiger partial charge in [-0.05, 0) is 16.7 Å². The third-order valence-electron chi connectivity index (χ3n) is 5.25. The van der Waals surface area contributed by atoms with E-state index in [1.165, 1.54) is 11.8 Å². The minimum atomic E-state index is -0.658. The summed E-state index contributed by atoms with van der Waals surface area (Å²) >= 11 is 1.47. The SMILES string of the molecule is OC1S[C@H](COCc2ccccc2)[C@@H](OCc2ccccc2)[C@@H]1OCc1ccccc1. The highest BCUT2D eigenvalue weighted by Crippen LogP contribution is 2.38. The summed E-state index contributed by atoms with van der Waals surface area (Å²) in [6.07, 6.45) is -0.682. The molecule has 3 aromatic rings. The van der Waals surface area contributed by atoms with E-state index in [-0.39, 0.29) is 11.4 Å². The van der Waals surface area contributed by atoms with Crippen molar-refractivity contribution in [3.8, 4) is 0 Å². The second-order valence-electron chi connectivity index (χ2n) is 7.59. The van der Waals surface area contributed by atoms with Gasteiger partial charge in [0.1, 0.15) is 17.6 Å². The fraction of sp³-hybridized carbons (Fsp3) is 0.308. The summed E-state index contributed by atoms with van der Waals surface area (Å²) in [6.45, 7) is 1.93. The lowest BCUT2D eigenvalue weighted by Crippen LogP contribution is -2.39. The first-order valence-electron chi connectivity index (χ1n) is 10.6. The Morgan fingerprint density at radius 2 is 1.06 bits per heavy atom. The molecule has 0 spiro atoms. The van der Waals surface area contributed by atoms with Crippen LogP contribution in [0.25, 0.3) is 0 Å². The Balaban J connectivity index is 1.39. The summed E-state index contributed by atoms with van der Waals surface area (Å²) in [5, 5.41) is 10.7. The molecule has 1 aliphatic heterocycles. The molecule has 1 fully saturated rings. The zero-order valence-electron chi connectivity index (χ0n) is 17.4. The van der Waals surface area contributed by atoms with Crippen molar-refractivity contribution in [2.45, 2.75) is 42.7 Å². The number of aliphatic hydroxyl groups is 1. The maximum Gasteiger partial charge on any atom is 0.128 e. The highest BCUT2D eigenvalue weighted by molar-refractivity contribution is 8.00. The fourth-order valence-electron chi connectivity index (χ4n) is 3.62. The molecule has 4 atom stereocenters. The maximum absolute atomic E-state index is 10.7. The van der Waals surface area contributed by atoms with Crippen molar-refractivity contribution in [3.05, 3.63) is 108 Å². The van der Waals surface area contributed by atoms with E-state index in [1.807, 2.05) is 91.0 Å². The van der Waals surface area contributed by atoms with E-state index in [0.29, 0.717) is 26.4 Å². The largest absolute Gasteiger partial charge is 0.380 e. The maximum atomic E-state index is 10.7. The number of aliphatic hydroxyl groups excluding tert-OH is 1. The average molecular weight is 437 g/mol. The number of thioether (sulfide) groups is 1. The molecule has 162 valence electrons. The highest BCUT2D eigenvalue weighted by atomic mass is 32.2. The molecule has 1 saturated heterocycles. The summed E-state index contributed by atoms with van der Waals surface area (Å²) in [5.41, 5.74) is 2.64. The molecule has 1 unspecified atom stereocenters. The van der Waals surface area contributed by atoms with Crippen LogP contribution in [0.3, 0.4) is 0 Å². The van der Waals surface area contributed by atoms with Gasteiger partial charge in [0, 0.05) is 0 Å². The van der Waals surface area contributed by atoms with Gasteiger partial charge in [0.25, 0.3) is 0 Å².